The van der Waals surface area contributed by atoms with Gasteiger partial charge in [0.05, 0.1) is 36.3 Å². The van der Waals surface area contributed by atoms with Crippen molar-refractivity contribution in [1.82, 2.24) is 19.5 Å². The van der Waals surface area contributed by atoms with E-state index in [4.69, 9.17) is 15.0 Å². The topological polar surface area (TPSA) is 149 Å². The monoisotopic (exact) mass is 487 g/mol. The number of rotatable bonds is 6. The van der Waals surface area contributed by atoms with Crippen molar-refractivity contribution in [3.05, 3.63) is 83.6 Å². The maximum absolute atomic E-state index is 12.9. The van der Waals surface area contributed by atoms with Gasteiger partial charge in [0.1, 0.15) is 11.6 Å². The highest BCUT2D eigenvalue weighted by molar-refractivity contribution is 7.87. The number of nitrogens with one attached hydrogen (secondary N) is 1. The number of ether oxygens (including phenoxy) is 1. The Balaban J connectivity index is 0.000000197. The number of aromatic carboxylic acids is 1. The Labute approximate surface area is 195 Å². The predicted molar refractivity (Wildman–Crippen MR) is 123 cm³/mol. The molecule has 12 heteroatoms. The molecule has 0 fully saturated rings. The largest absolute Gasteiger partial charge is 0.496 e. The van der Waals surface area contributed by atoms with Crippen LogP contribution >= 0.6 is 0 Å². The van der Waals surface area contributed by atoms with Crippen LogP contribution < -0.4 is 14.6 Å². The highest BCUT2D eigenvalue weighted by atomic mass is 32.2. The third-order valence-corrected chi connectivity index (χ3v) is 5.28. The third-order valence-electron chi connectivity index (χ3n) is 4.74. The first-order valence-electron chi connectivity index (χ1n) is 9.81. The SMILES string of the molecule is COc1ccc(CNS(N)(=O)=O)cc1C.O=C(O)c1cncc2c1cnn2-c1ccc(F)cc1. The van der Waals surface area contributed by atoms with E-state index in [1.165, 1.54) is 35.4 Å². The van der Waals surface area contributed by atoms with Gasteiger partial charge in [-0.1, -0.05) is 12.1 Å². The molecule has 0 saturated carbocycles. The molecule has 10 nitrogen and oxygen atoms in total. The Kier molecular flexibility index (Phi) is 7.56. The fraction of sp³-hybridized carbons (Fsp3) is 0.136. The van der Waals surface area contributed by atoms with Gasteiger partial charge in [-0.15, -0.1) is 0 Å². The molecular weight excluding hydrogens is 465 g/mol. The van der Waals surface area contributed by atoms with Crippen molar-refractivity contribution >= 4 is 27.1 Å². The number of carboxylic acid groups (broad SMARTS) is 1. The first kappa shape index (κ1) is 24.8. The Hall–Kier alpha value is -3.87. The molecule has 4 aromatic rings. The van der Waals surface area contributed by atoms with Crippen molar-refractivity contribution in [2.45, 2.75) is 13.5 Å². The highest BCUT2D eigenvalue weighted by Gasteiger charge is 2.13. The van der Waals surface area contributed by atoms with E-state index in [1.54, 1.807) is 31.4 Å². The number of carbonyl (C=O) groups is 1. The van der Waals surface area contributed by atoms with Crippen LogP contribution in [0.25, 0.3) is 16.6 Å². The van der Waals surface area contributed by atoms with Crippen LogP contribution in [0.5, 0.6) is 5.75 Å². The van der Waals surface area contributed by atoms with E-state index >= 15 is 0 Å². The molecule has 0 aliphatic carbocycles. The number of hydrogen-bond acceptors (Lipinski definition) is 6. The van der Waals surface area contributed by atoms with Gasteiger partial charge in [-0.25, -0.2) is 19.0 Å². The number of aryl methyl sites for hydroxylation is 1. The van der Waals surface area contributed by atoms with Crippen LogP contribution in [0.2, 0.25) is 0 Å². The molecule has 0 spiro atoms. The smallest absolute Gasteiger partial charge is 0.338 e. The van der Waals surface area contributed by atoms with E-state index < -0.39 is 16.2 Å². The number of pyridine rings is 1. The Morgan fingerprint density at radius 3 is 2.47 bits per heavy atom. The quantitative estimate of drug-likeness (QED) is 0.378. The van der Waals surface area contributed by atoms with Gasteiger partial charge >= 0.3 is 5.97 Å². The fourth-order valence-corrected chi connectivity index (χ4v) is 3.50. The fourth-order valence-electron chi connectivity index (χ4n) is 3.13. The second-order valence-electron chi connectivity index (χ2n) is 7.13. The predicted octanol–water partition coefficient (Wildman–Crippen LogP) is 2.55. The molecule has 0 aliphatic rings. The summed E-state index contributed by atoms with van der Waals surface area (Å²) in [5.41, 5.74) is 3.08. The lowest BCUT2D eigenvalue weighted by atomic mass is 10.1. The molecule has 0 amide bonds. The van der Waals surface area contributed by atoms with Gasteiger partial charge in [0.25, 0.3) is 10.2 Å². The minimum atomic E-state index is -3.63. The lowest BCUT2D eigenvalue weighted by Gasteiger charge is -2.07. The van der Waals surface area contributed by atoms with E-state index in [1.807, 2.05) is 13.0 Å². The number of nitrogens with two attached hydrogens (primary N) is 1. The van der Waals surface area contributed by atoms with Gasteiger partial charge in [-0.2, -0.15) is 18.2 Å². The minimum Gasteiger partial charge on any atom is -0.496 e. The zero-order valence-corrected chi connectivity index (χ0v) is 19.1. The Morgan fingerprint density at radius 2 is 1.88 bits per heavy atom. The van der Waals surface area contributed by atoms with Gasteiger partial charge < -0.3 is 9.84 Å². The number of methoxy groups -OCH3 is 1. The number of halogens is 1. The van der Waals surface area contributed by atoms with E-state index in [0.29, 0.717) is 16.6 Å². The molecule has 0 radical (unpaired) electrons. The number of aromatic nitrogens is 3. The molecule has 2 heterocycles. The normalized spacial score (nSPS) is 11.1. The van der Waals surface area contributed by atoms with E-state index in [2.05, 4.69) is 14.8 Å². The van der Waals surface area contributed by atoms with Crippen molar-refractivity contribution in [3.8, 4) is 11.4 Å². The van der Waals surface area contributed by atoms with Crippen LogP contribution in [0, 0.1) is 12.7 Å². The van der Waals surface area contributed by atoms with Crippen LogP contribution in [-0.4, -0.2) is 41.4 Å². The first-order valence-corrected chi connectivity index (χ1v) is 11.4. The number of fused-ring (bicyclic) bond motifs is 1. The van der Waals surface area contributed by atoms with Gasteiger partial charge in [-0.05, 0) is 48.4 Å². The summed E-state index contributed by atoms with van der Waals surface area (Å²) in [7, 11) is -2.04. The lowest BCUT2D eigenvalue weighted by Crippen LogP contribution is -2.30. The molecule has 178 valence electrons. The summed E-state index contributed by atoms with van der Waals surface area (Å²) < 4.78 is 43.0. The highest BCUT2D eigenvalue weighted by Crippen LogP contribution is 2.21. The lowest BCUT2D eigenvalue weighted by molar-refractivity contribution is 0.0698. The van der Waals surface area contributed by atoms with Gasteiger partial charge in [0.2, 0.25) is 0 Å². The maximum Gasteiger partial charge on any atom is 0.338 e. The third kappa shape index (κ3) is 6.13. The standard InChI is InChI=1S/C13H8FN3O2.C9H14N2O3S/c14-8-1-3-9(4-2-8)17-12-7-15-5-11(13(18)19)10(12)6-16-17;1-7-5-8(3-4-9(7)14-2)6-11-15(10,12)13/h1-7H,(H,18,19);3-5,11H,6H2,1-2H3,(H2,10,12,13). The molecule has 0 saturated heterocycles. The van der Waals surface area contributed by atoms with Crippen LogP contribution in [-0.2, 0) is 16.8 Å². The summed E-state index contributed by atoms with van der Waals surface area (Å²) in [4.78, 5) is 15.0. The van der Waals surface area contributed by atoms with E-state index in [0.717, 1.165) is 16.9 Å². The van der Waals surface area contributed by atoms with Crippen LogP contribution in [0.4, 0.5) is 4.39 Å². The Bertz CT molecular complexity index is 1420. The van der Waals surface area contributed by atoms with E-state index in [-0.39, 0.29) is 17.9 Å². The van der Waals surface area contributed by atoms with Crippen molar-refractivity contribution in [2.24, 2.45) is 5.14 Å². The van der Waals surface area contributed by atoms with Crippen molar-refractivity contribution in [3.63, 3.8) is 0 Å². The second kappa shape index (κ2) is 10.4. The summed E-state index contributed by atoms with van der Waals surface area (Å²) in [5, 5.41) is 18.5. The summed E-state index contributed by atoms with van der Waals surface area (Å²) >= 11 is 0. The summed E-state index contributed by atoms with van der Waals surface area (Å²) in [6, 6.07) is 11.2. The molecule has 0 bridgehead atoms. The zero-order chi connectivity index (χ0) is 24.9. The Morgan fingerprint density at radius 1 is 1.18 bits per heavy atom. The van der Waals surface area contributed by atoms with Crippen molar-refractivity contribution < 1.29 is 27.4 Å². The van der Waals surface area contributed by atoms with Gasteiger partial charge in [0.15, 0.2) is 0 Å². The number of benzene rings is 2. The molecular formula is C22H22FN5O5S. The molecule has 0 aliphatic heterocycles. The summed E-state index contributed by atoms with van der Waals surface area (Å²) in [5.74, 6) is -0.629. The average Bonchev–Trinajstić information content (AvgIpc) is 3.22. The molecule has 2 aromatic carbocycles. The van der Waals surface area contributed by atoms with Gasteiger partial charge in [0, 0.05) is 18.1 Å². The number of carboxylic acids is 1. The first-order chi connectivity index (χ1) is 16.1. The molecule has 4 rings (SSSR count). The molecule has 0 unspecified atom stereocenters. The zero-order valence-electron chi connectivity index (χ0n) is 18.3. The second-order valence-corrected chi connectivity index (χ2v) is 8.51. The van der Waals surface area contributed by atoms with Gasteiger partial charge in [-0.3, -0.25) is 4.98 Å². The molecule has 34 heavy (non-hydrogen) atoms. The van der Waals surface area contributed by atoms with Crippen LogP contribution in [0.1, 0.15) is 21.5 Å². The van der Waals surface area contributed by atoms with Crippen molar-refractivity contribution in [1.29, 1.82) is 0 Å². The molecule has 4 N–H and O–H groups in total. The van der Waals surface area contributed by atoms with Crippen LogP contribution in [0.15, 0.2) is 61.1 Å². The van der Waals surface area contributed by atoms with Crippen LogP contribution in [0.3, 0.4) is 0 Å². The molecule has 2 aromatic heterocycles. The summed E-state index contributed by atoms with van der Waals surface area (Å²) in [6.07, 6.45) is 4.27. The molecule has 0 atom stereocenters. The van der Waals surface area contributed by atoms with Crippen molar-refractivity contribution in [2.75, 3.05) is 7.11 Å². The minimum absolute atomic E-state index is 0.0888. The number of nitrogens with zero attached hydrogens (tertiary/aromatic N) is 3. The maximum atomic E-state index is 12.9. The number of hydrogen-bond donors (Lipinski definition) is 3. The van der Waals surface area contributed by atoms with E-state index in [9.17, 15) is 17.6 Å². The summed E-state index contributed by atoms with van der Waals surface area (Å²) in [6.45, 7) is 2.07. The average molecular weight is 488 g/mol.